The molecular formula is C29H34OS2. The number of rotatable bonds is 2. The van der Waals surface area contributed by atoms with E-state index in [1.165, 1.54) is 50.1 Å². The van der Waals surface area contributed by atoms with Crippen molar-refractivity contribution < 1.29 is 5.11 Å². The third-order valence-corrected chi connectivity index (χ3v) is 8.84. The summed E-state index contributed by atoms with van der Waals surface area (Å²) in [5, 5.41) is 13.4. The highest BCUT2D eigenvalue weighted by molar-refractivity contribution is 7.98. The lowest BCUT2D eigenvalue weighted by atomic mass is 9.52. The van der Waals surface area contributed by atoms with Crippen LogP contribution in [0.4, 0.5) is 0 Å². The maximum atomic E-state index is 11.3. The van der Waals surface area contributed by atoms with Gasteiger partial charge >= 0.3 is 0 Å². The summed E-state index contributed by atoms with van der Waals surface area (Å²) >= 11 is 6.35. The minimum atomic E-state index is -0.0626. The molecule has 0 aromatic heterocycles. The molecule has 1 nitrogen and oxygen atoms in total. The van der Waals surface area contributed by atoms with E-state index >= 15 is 0 Å². The zero-order valence-electron chi connectivity index (χ0n) is 20.1. The average molecular weight is 463 g/mol. The third-order valence-electron chi connectivity index (χ3n) is 7.68. The zero-order chi connectivity index (χ0) is 23.1. The molecule has 0 amide bonds. The second-order valence-electron chi connectivity index (χ2n) is 11.7. The van der Waals surface area contributed by atoms with Gasteiger partial charge in [-0.1, -0.05) is 51.5 Å². The van der Waals surface area contributed by atoms with E-state index in [0.717, 1.165) is 18.2 Å². The maximum Gasteiger partial charge on any atom is 0.123 e. The minimum Gasteiger partial charge on any atom is -0.507 e. The van der Waals surface area contributed by atoms with Crippen molar-refractivity contribution >= 4 is 35.2 Å². The molecule has 0 saturated heterocycles. The van der Waals surface area contributed by atoms with Crippen LogP contribution in [-0.4, -0.2) is 11.4 Å². The van der Waals surface area contributed by atoms with Gasteiger partial charge in [-0.15, -0.1) is 11.8 Å². The highest BCUT2D eigenvalue weighted by Crippen LogP contribution is 2.65. The lowest BCUT2D eigenvalue weighted by Gasteiger charge is -2.51. The zero-order valence-corrected chi connectivity index (χ0v) is 21.8. The summed E-state index contributed by atoms with van der Waals surface area (Å²) in [5.41, 5.74) is 8.41. The Hall–Kier alpha value is -1.58. The number of phenolic OH excluding ortho intramolecular Hbond substituents is 1. The summed E-state index contributed by atoms with van der Waals surface area (Å²) in [6.07, 6.45) is 5.54. The molecule has 5 rings (SSSR count). The van der Waals surface area contributed by atoms with E-state index in [0.29, 0.717) is 11.5 Å². The number of aryl methyl sites for hydroxylation is 1. The van der Waals surface area contributed by atoms with Crippen molar-refractivity contribution in [3.05, 3.63) is 58.7 Å². The maximum absolute atomic E-state index is 11.3. The second kappa shape index (κ2) is 7.21. The Morgan fingerprint density at radius 1 is 0.906 bits per heavy atom. The summed E-state index contributed by atoms with van der Waals surface area (Å²) in [7, 11) is 0. The number of phenols is 1. The van der Waals surface area contributed by atoms with Crippen LogP contribution in [0.5, 0.6) is 5.75 Å². The van der Waals surface area contributed by atoms with Gasteiger partial charge in [-0.05, 0) is 94.7 Å². The first-order valence-electron chi connectivity index (χ1n) is 11.6. The molecule has 2 aliphatic rings. The van der Waals surface area contributed by atoms with Crippen molar-refractivity contribution in [1.29, 1.82) is 0 Å². The van der Waals surface area contributed by atoms with Gasteiger partial charge in [0.05, 0.1) is 0 Å². The van der Waals surface area contributed by atoms with Crippen LogP contribution in [-0.2, 0) is 11.2 Å². The number of thioether (sulfide) groups is 1. The van der Waals surface area contributed by atoms with E-state index in [1.807, 2.05) is 0 Å². The standard InChI is InChI=1S/C29H34OS2/c1-17-7-8-19-22(9-17)29(15-27(2,3)14-28(4,5)16-29)23-12-24(30)20-11-25(32-6)18(13-31)10-21(20)26(19)23/h7-12,30-31H,13-16H2,1-6H3. The van der Waals surface area contributed by atoms with Crippen LogP contribution in [0.25, 0.3) is 21.9 Å². The van der Waals surface area contributed by atoms with Crippen LogP contribution in [0.15, 0.2) is 41.3 Å². The van der Waals surface area contributed by atoms with E-state index in [-0.39, 0.29) is 16.2 Å². The monoisotopic (exact) mass is 462 g/mol. The number of benzene rings is 3. The van der Waals surface area contributed by atoms with Crippen molar-refractivity contribution in [2.45, 2.75) is 69.9 Å². The molecule has 0 aliphatic heterocycles. The normalized spacial score (nSPS) is 19.8. The van der Waals surface area contributed by atoms with E-state index in [9.17, 15) is 5.11 Å². The Bertz CT molecular complexity index is 1240. The molecule has 168 valence electrons. The highest BCUT2D eigenvalue weighted by Gasteiger charge is 2.53. The van der Waals surface area contributed by atoms with Gasteiger partial charge in [-0.2, -0.15) is 12.6 Å². The Kier molecular flexibility index (Phi) is 5.01. The van der Waals surface area contributed by atoms with Gasteiger partial charge in [-0.3, -0.25) is 0 Å². The van der Waals surface area contributed by atoms with Crippen molar-refractivity contribution in [3.63, 3.8) is 0 Å². The molecule has 0 atom stereocenters. The number of hydrogen-bond donors (Lipinski definition) is 2. The smallest absolute Gasteiger partial charge is 0.123 e. The summed E-state index contributed by atoms with van der Waals surface area (Å²) in [5.74, 6) is 1.10. The highest BCUT2D eigenvalue weighted by atomic mass is 32.2. The van der Waals surface area contributed by atoms with Crippen molar-refractivity contribution in [2.24, 2.45) is 10.8 Å². The van der Waals surface area contributed by atoms with Crippen LogP contribution < -0.4 is 0 Å². The van der Waals surface area contributed by atoms with Crippen molar-refractivity contribution in [1.82, 2.24) is 0 Å². The Morgan fingerprint density at radius 3 is 2.22 bits per heavy atom. The molecule has 3 heteroatoms. The van der Waals surface area contributed by atoms with Gasteiger partial charge in [0.2, 0.25) is 0 Å². The Balaban J connectivity index is 1.92. The predicted molar refractivity (Wildman–Crippen MR) is 142 cm³/mol. The van der Waals surface area contributed by atoms with E-state index in [1.54, 1.807) is 11.8 Å². The molecule has 0 radical (unpaired) electrons. The Labute approximate surface area is 202 Å². The molecule has 3 aromatic carbocycles. The summed E-state index contributed by atoms with van der Waals surface area (Å²) in [6, 6.07) is 13.5. The number of hydrogen-bond acceptors (Lipinski definition) is 3. The first kappa shape index (κ1) is 22.2. The largest absolute Gasteiger partial charge is 0.507 e. The average Bonchev–Trinajstić information content (AvgIpc) is 2.93. The fraction of sp³-hybridized carbons (Fsp3) is 0.448. The lowest BCUT2D eigenvalue weighted by molar-refractivity contribution is 0.0645. The molecular weight excluding hydrogens is 428 g/mol. The summed E-state index contributed by atoms with van der Waals surface area (Å²) in [6.45, 7) is 11.9. The third kappa shape index (κ3) is 3.22. The fourth-order valence-electron chi connectivity index (χ4n) is 7.37. The van der Waals surface area contributed by atoms with Crippen LogP contribution >= 0.6 is 24.4 Å². The molecule has 0 bridgehead atoms. The molecule has 1 fully saturated rings. The molecule has 32 heavy (non-hydrogen) atoms. The quantitative estimate of drug-likeness (QED) is 0.294. The van der Waals surface area contributed by atoms with Gasteiger partial charge < -0.3 is 5.11 Å². The van der Waals surface area contributed by atoms with Gasteiger partial charge in [0.1, 0.15) is 5.75 Å². The first-order valence-corrected chi connectivity index (χ1v) is 13.5. The molecule has 3 aromatic rings. The van der Waals surface area contributed by atoms with E-state index < -0.39 is 0 Å². The van der Waals surface area contributed by atoms with Crippen LogP contribution in [0.2, 0.25) is 0 Å². The van der Waals surface area contributed by atoms with Crippen LogP contribution in [0.1, 0.15) is 69.2 Å². The molecule has 1 saturated carbocycles. The summed E-state index contributed by atoms with van der Waals surface area (Å²) in [4.78, 5) is 1.19. The lowest BCUT2D eigenvalue weighted by Crippen LogP contribution is -2.43. The number of fused-ring (bicyclic) bond motifs is 7. The first-order chi connectivity index (χ1) is 15.0. The topological polar surface area (TPSA) is 20.2 Å². The minimum absolute atomic E-state index is 0.0626. The van der Waals surface area contributed by atoms with Gasteiger partial charge in [-0.25, -0.2) is 0 Å². The van der Waals surface area contributed by atoms with Crippen molar-refractivity contribution in [2.75, 3.05) is 6.26 Å². The van der Waals surface area contributed by atoms with Gasteiger partial charge in [0, 0.05) is 21.4 Å². The number of aromatic hydroxyl groups is 1. The molecule has 2 aliphatic carbocycles. The Morgan fingerprint density at radius 2 is 1.59 bits per heavy atom. The van der Waals surface area contributed by atoms with Gasteiger partial charge in [0.15, 0.2) is 0 Å². The molecule has 1 N–H and O–H groups in total. The number of thiol groups is 1. The molecule has 0 heterocycles. The van der Waals surface area contributed by atoms with Crippen LogP contribution in [0, 0.1) is 17.8 Å². The van der Waals surface area contributed by atoms with Crippen molar-refractivity contribution in [3.8, 4) is 16.9 Å². The van der Waals surface area contributed by atoms with Gasteiger partial charge in [0.25, 0.3) is 0 Å². The summed E-state index contributed by atoms with van der Waals surface area (Å²) < 4.78 is 0. The van der Waals surface area contributed by atoms with Crippen LogP contribution in [0.3, 0.4) is 0 Å². The van der Waals surface area contributed by atoms with E-state index in [4.69, 9.17) is 0 Å². The SMILES string of the molecule is CSc1cc2c(O)cc3c(c2cc1CS)-c1ccc(C)cc1C31CC(C)(C)CC(C)(C)C1. The fourth-order valence-corrected chi connectivity index (χ4v) is 8.37. The molecule has 1 spiro atoms. The molecule has 0 unspecified atom stereocenters. The predicted octanol–water partition coefficient (Wildman–Crippen LogP) is 8.51. The van der Waals surface area contributed by atoms with E-state index in [2.05, 4.69) is 89.9 Å². The second-order valence-corrected chi connectivity index (χ2v) is 12.8.